The third-order valence-electron chi connectivity index (χ3n) is 2.28. The fourth-order valence-electron chi connectivity index (χ4n) is 1.28. The Bertz CT molecular complexity index is 228. The Labute approximate surface area is 111 Å². The van der Waals surface area contributed by atoms with E-state index >= 15 is 0 Å². The summed E-state index contributed by atoms with van der Waals surface area (Å²) in [5, 5.41) is 13.5. The number of carboxylic acids is 1. The van der Waals surface area contributed by atoms with Crippen molar-refractivity contribution in [3.8, 4) is 0 Å². The largest absolute Gasteiger partial charge is 1.00 e. The second kappa shape index (κ2) is 7.22. The Morgan fingerprint density at radius 1 is 1.40 bits per heavy atom. The number of carbonyl (C=O) groups excluding carboxylic acids is 2. The first-order valence-electron chi connectivity index (χ1n) is 4.73. The number of nitrogens with one attached hydrogen (secondary N) is 1. The predicted octanol–water partition coefficient (Wildman–Crippen LogP) is -4.33. The van der Waals surface area contributed by atoms with Crippen molar-refractivity contribution in [3.63, 3.8) is 0 Å². The number of hydrogen-bond donors (Lipinski definition) is 1. The van der Waals surface area contributed by atoms with Crippen LogP contribution in [0.4, 0.5) is 0 Å². The Hall–Kier alpha value is -0.100. The first kappa shape index (κ1) is 14.9. The van der Waals surface area contributed by atoms with Gasteiger partial charge in [-0.15, -0.1) is 0 Å². The standard InChI is InChI=1S/C9H15NO4.Na/c1-6(8(11)12)9(13)14-7-2-4-10-5-3-7;/h6-7,10H,2-5H2,1H3,(H,11,12);/q;+1/p-1. The van der Waals surface area contributed by atoms with E-state index in [0.717, 1.165) is 25.9 Å². The second-order valence-corrected chi connectivity index (χ2v) is 3.43. The van der Waals surface area contributed by atoms with Gasteiger partial charge in [0.1, 0.15) is 6.10 Å². The van der Waals surface area contributed by atoms with Crippen molar-refractivity contribution < 1.29 is 49.0 Å². The molecule has 15 heavy (non-hydrogen) atoms. The Morgan fingerprint density at radius 2 is 1.93 bits per heavy atom. The summed E-state index contributed by atoms with van der Waals surface area (Å²) >= 11 is 0. The quantitative estimate of drug-likeness (QED) is 0.297. The fourth-order valence-corrected chi connectivity index (χ4v) is 1.28. The molecule has 80 valence electrons. The summed E-state index contributed by atoms with van der Waals surface area (Å²) in [7, 11) is 0. The van der Waals surface area contributed by atoms with Crippen LogP contribution in [0.3, 0.4) is 0 Å². The summed E-state index contributed by atoms with van der Waals surface area (Å²) in [6, 6.07) is 0. The first-order valence-corrected chi connectivity index (χ1v) is 4.73. The summed E-state index contributed by atoms with van der Waals surface area (Å²) in [6.07, 6.45) is 1.34. The van der Waals surface area contributed by atoms with E-state index in [4.69, 9.17) is 4.74 Å². The zero-order valence-corrected chi connectivity index (χ0v) is 11.1. The number of piperidine rings is 1. The van der Waals surface area contributed by atoms with Crippen LogP contribution in [-0.2, 0) is 14.3 Å². The molecule has 1 unspecified atom stereocenters. The van der Waals surface area contributed by atoms with Crippen LogP contribution in [0, 0.1) is 5.92 Å². The van der Waals surface area contributed by atoms with Crippen LogP contribution in [0.1, 0.15) is 19.8 Å². The van der Waals surface area contributed by atoms with E-state index in [9.17, 15) is 14.7 Å². The SMILES string of the molecule is CC(C(=O)[O-])C(=O)OC1CCNCC1.[Na+]. The van der Waals surface area contributed by atoms with Gasteiger partial charge >= 0.3 is 35.5 Å². The predicted molar refractivity (Wildman–Crippen MR) is 46.2 cm³/mol. The molecule has 1 rings (SSSR count). The van der Waals surface area contributed by atoms with Gasteiger partial charge in [-0.3, -0.25) is 4.79 Å². The second-order valence-electron chi connectivity index (χ2n) is 3.43. The molecule has 0 saturated carbocycles. The van der Waals surface area contributed by atoms with Crippen molar-refractivity contribution in [1.82, 2.24) is 5.32 Å². The van der Waals surface area contributed by atoms with Gasteiger partial charge in [0.05, 0.1) is 11.9 Å². The number of hydrogen-bond acceptors (Lipinski definition) is 5. The van der Waals surface area contributed by atoms with Gasteiger partial charge in [-0.25, -0.2) is 0 Å². The van der Waals surface area contributed by atoms with E-state index in [2.05, 4.69) is 5.32 Å². The molecule has 0 aromatic carbocycles. The van der Waals surface area contributed by atoms with Gasteiger partial charge in [0.2, 0.25) is 0 Å². The molecule has 1 fully saturated rings. The summed E-state index contributed by atoms with van der Waals surface area (Å²) in [5.41, 5.74) is 0. The number of carbonyl (C=O) groups is 2. The number of ether oxygens (including phenoxy) is 1. The zero-order chi connectivity index (χ0) is 10.6. The van der Waals surface area contributed by atoms with Gasteiger partial charge in [0.15, 0.2) is 0 Å². The van der Waals surface area contributed by atoms with Crippen molar-refractivity contribution in [2.24, 2.45) is 5.92 Å². The minimum absolute atomic E-state index is 0. The molecular formula is C9H14NNaO4. The van der Waals surface area contributed by atoms with E-state index in [1.54, 1.807) is 0 Å². The molecule has 1 atom stereocenters. The van der Waals surface area contributed by atoms with E-state index < -0.39 is 17.9 Å². The minimum atomic E-state index is -1.39. The first-order chi connectivity index (χ1) is 6.61. The van der Waals surface area contributed by atoms with Gasteiger partial charge < -0.3 is 20.0 Å². The minimum Gasteiger partial charge on any atom is -0.549 e. The topological polar surface area (TPSA) is 78.5 Å². The Kier molecular flexibility index (Phi) is 7.17. The van der Waals surface area contributed by atoms with Gasteiger partial charge in [0.25, 0.3) is 0 Å². The van der Waals surface area contributed by atoms with Gasteiger partial charge in [-0.1, -0.05) is 0 Å². The van der Waals surface area contributed by atoms with Crippen molar-refractivity contribution in [1.29, 1.82) is 0 Å². The molecule has 0 aromatic rings. The molecule has 0 radical (unpaired) electrons. The zero-order valence-electron chi connectivity index (χ0n) is 9.12. The van der Waals surface area contributed by atoms with Crippen LogP contribution in [0.15, 0.2) is 0 Å². The third-order valence-corrected chi connectivity index (χ3v) is 2.28. The van der Waals surface area contributed by atoms with E-state index in [0.29, 0.717) is 0 Å². The Morgan fingerprint density at radius 3 is 2.40 bits per heavy atom. The van der Waals surface area contributed by atoms with Crippen LogP contribution in [0.5, 0.6) is 0 Å². The fraction of sp³-hybridized carbons (Fsp3) is 0.778. The van der Waals surface area contributed by atoms with Crippen LogP contribution in [-0.4, -0.2) is 31.1 Å². The van der Waals surface area contributed by atoms with Crippen LogP contribution >= 0.6 is 0 Å². The summed E-state index contributed by atoms with van der Waals surface area (Å²) in [5.74, 6) is -3.26. The molecule has 0 aromatic heterocycles. The van der Waals surface area contributed by atoms with Crippen LogP contribution < -0.4 is 40.0 Å². The molecule has 1 heterocycles. The van der Waals surface area contributed by atoms with Gasteiger partial charge in [-0.2, -0.15) is 0 Å². The smallest absolute Gasteiger partial charge is 0.549 e. The van der Waals surface area contributed by atoms with Crippen molar-refractivity contribution in [2.75, 3.05) is 13.1 Å². The van der Waals surface area contributed by atoms with Crippen molar-refractivity contribution >= 4 is 11.9 Å². The maximum atomic E-state index is 11.2. The molecule has 6 heteroatoms. The van der Waals surface area contributed by atoms with E-state index in [1.165, 1.54) is 6.92 Å². The summed E-state index contributed by atoms with van der Waals surface area (Å²) < 4.78 is 5.01. The van der Waals surface area contributed by atoms with E-state index in [-0.39, 0.29) is 35.7 Å². The maximum Gasteiger partial charge on any atom is 1.00 e. The average molecular weight is 223 g/mol. The summed E-state index contributed by atoms with van der Waals surface area (Å²) in [4.78, 5) is 21.5. The number of aliphatic carboxylic acids is 1. The van der Waals surface area contributed by atoms with Crippen molar-refractivity contribution in [3.05, 3.63) is 0 Å². The maximum absolute atomic E-state index is 11.2. The van der Waals surface area contributed by atoms with Crippen molar-refractivity contribution in [2.45, 2.75) is 25.9 Å². The van der Waals surface area contributed by atoms with Crippen LogP contribution in [0.2, 0.25) is 0 Å². The van der Waals surface area contributed by atoms with Crippen LogP contribution in [0.25, 0.3) is 0 Å². The molecular weight excluding hydrogens is 209 g/mol. The number of rotatable bonds is 3. The summed E-state index contributed by atoms with van der Waals surface area (Å²) in [6.45, 7) is 2.88. The monoisotopic (exact) mass is 223 g/mol. The molecule has 1 saturated heterocycles. The average Bonchev–Trinajstić information content (AvgIpc) is 2.18. The molecule has 0 spiro atoms. The number of esters is 1. The Balaban J connectivity index is 0.00000196. The van der Waals surface area contributed by atoms with E-state index in [1.807, 2.05) is 0 Å². The number of carboxylic acid groups (broad SMARTS) is 1. The molecule has 0 amide bonds. The molecule has 1 N–H and O–H groups in total. The molecule has 5 nitrogen and oxygen atoms in total. The van der Waals surface area contributed by atoms with Gasteiger partial charge in [0, 0.05) is 0 Å². The third kappa shape index (κ3) is 4.97. The molecule has 1 aliphatic heterocycles. The molecule has 1 aliphatic rings. The normalized spacial score (nSPS) is 18.7. The molecule has 0 aliphatic carbocycles. The molecule has 0 bridgehead atoms. The van der Waals surface area contributed by atoms with Gasteiger partial charge in [-0.05, 0) is 32.9 Å².